The third-order valence-electron chi connectivity index (χ3n) is 4.28. The number of benzene rings is 2. The van der Waals surface area contributed by atoms with Gasteiger partial charge in [-0.15, -0.1) is 0 Å². The lowest BCUT2D eigenvalue weighted by Gasteiger charge is -2.16. The molecule has 2 aromatic heterocycles. The monoisotopic (exact) mass is 345 g/mol. The van der Waals surface area contributed by atoms with Crippen LogP contribution in [-0.2, 0) is 0 Å². The number of anilines is 1. The highest BCUT2D eigenvalue weighted by molar-refractivity contribution is 5.76. The molecule has 0 aliphatic rings. The molecular weight excluding hydrogens is 326 g/mol. The maximum absolute atomic E-state index is 5.30. The molecule has 0 spiro atoms. The van der Waals surface area contributed by atoms with E-state index in [4.69, 9.17) is 9.72 Å². The fraction of sp³-hybridized carbons (Fsp3) is 0.150. The Labute approximate surface area is 151 Å². The van der Waals surface area contributed by atoms with Gasteiger partial charge in [0.25, 0.3) is 0 Å². The van der Waals surface area contributed by atoms with Crippen LogP contribution in [0.4, 0.5) is 5.82 Å². The molecule has 1 atom stereocenters. The maximum Gasteiger partial charge on any atom is 0.159 e. The Balaban J connectivity index is 1.61. The van der Waals surface area contributed by atoms with Gasteiger partial charge in [-0.3, -0.25) is 9.55 Å². The van der Waals surface area contributed by atoms with Crippen molar-refractivity contribution in [3.63, 3.8) is 0 Å². The third-order valence-corrected chi connectivity index (χ3v) is 4.28. The molecule has 6 nitrogen and oxygen atoms in total. The van der Waals surface area contributed by atoms with Crippen molar-refractivity contribution in [3.8, 4) is 11.6 Å². The second-order valence-electron chi connectivity index (χ2n) is 6.01. The Morgan fingerprint density at radius 2 is 1.96 bits per heavy atom. The van der Waals surface area contributed by atoms with Crippen LogP contribution >= 0.6 is 0 Å². The van der Waals surface area contributed by atoms with Gasteiger partial charge in [-0.25, -0.2) is 9.97 Å². The highest BCUT2D eigenvalue weighted by Crippen LogP contribution is 2.23. The lowest BCUT2D eigenvalue weighted by molar-refractivity contribution is 0.414. The first-order valence-corrected chi connectivity index (χ1v) is 8.39. The highest BCUT2D eigenvalue weighted by atomic mass is 16.5. The quantitative estimate of drug-likeness (QED) is 0.592. The molecule has 0 fully saturated rings. The number of hydrogen-bond acceptors (Lipinski definition) is 5. The van der Waals surface area contributed by atoms with Crippen LogP contribution in [0.2, 0.25) is 0 Å². The van der Waals surface area contributed by atoms with Gasteiger partial charge in [0.1, 0.15) is 17.9 Å². The van der Waals surface area contributed by atoms with Gasteiger partial charge in [0, 0.05) is 0 Å². The summed E-state index contributed by atoms with van der Waals surface area (Å²) in [5.74, 6) is 2.26. The zero-order chi connectivity index (χ0) is 17.9. The largest absolute Gasteiger partial charge is 0.497 e. The molecule has 2 heterocycles. The van der Waals surface area contributed by atoms with E-state index in [2.05, 4.69) is 28.3 Å². The molecule has 0 aliphatic heterocycles. The Hall–Kier alpha value is -3.41. The molecule has 0 aliphatic carbocycles. The van der Waals surface area contributed by atoms with E-state index in [0.717, 1.165) is 28.2 Å². The van der Waals surface area contributed by atoms with Crippen molar-refractivity contribution >= 4 is 16.9 Å². The second-order valence-corrected chi connectivity index (χ2v) is 6.01. The molecule has 26 heavy (non-hydrogen) atoms. The number of imidazole rings is 1. The number of nitrogens with zero attached hydrogens (tertiary/aromatic N) is 4. The predicted octanol–water partition coefficient (Wildman–Crippen LogP) is 4.00. The Morgan fingerprint density at radius 1 is 1.08 bits per heavy atom. The van der Waals surface area contributed by atoms with Crippen molar-refractivity contribution in [2.24, 2.45) is 0 Å². The van der Waals surface area contributed by atoms with E-state index >= 15 is 0 Å². The molecule has 0 bridgehead atoms. The van der Waals surface area contributed by atoms with Crippen molar-refractivity contribution in [1.82, 2.24) is 19.5 Å². The van der Waals surface area contributed by atoms with Crippen molar-refractivity contribution in [1.29, 1.82) is 0 Å². The van der Waals surface area contributed by atoms with E-state index in [1.54, 1.807) is 25.8 Å². The number of ether oxygens (including phenoxy) is 1. The summed E-state index contributed by atoms with van der Waals surface area (Å²) in [4.78, 5) is 13.4. The average molecular weight is 345 g/mol. The Morgan fingerprint density at radius 3 is 2.85 bits per heavy atom. The topological polar surface area (TPSA) is 64.9 Å². The molecule has 0 saturated carbocycles. The van der Waals surface area contributed by atoms with Gasteiger partial charge in [0.05, 0.1) is 36.6 Å². The van der Waals surface area contributed by atoms with Gasteiger partial charge in [-0.05, 0) is 36.8 Å². The second kappa shape index (κ2) is 6.84. The van der Waals surface area contributed by atoms with E-state index in [9.17, 15) is 0 Å². The fourth-order valence-corrected chi connectivity index (χ4v) is 2.90. The van der Waals surface area contributed by atoms with Crippen LogP contribution in [0.15, 0.2) is 67.3 Å². The maximum atomic E-state index is 5.30. The minimum atomic E-state index is 0.0641. The number of nitrogens with one attached hydrogen (secondary N) is 1. The summed E-state index contributed by atoms with van der Waals surface area (Å²) < 4.78 is 7.23. The van der Waals surface area contributed by atoms with Gasteiger partial charge in [0.2, 0.25) is 0 Å². The highest BCUT2D eigenvalue weighted by Gasteiger charge is 2.10. The van der Waals surface area contributed by atoms with Gasteiger partial charge >= 0.3 is 0 Å². The molecule has 4 rings (SSSR count). The molecular formula is C20H19N5O. The lowest BCUT2D eigenvalue weighted by Crippen LogP contribution is -2.09. The van der Waals surface area contributed by atoms with E-state index < -0.39 is 0 Å². The van der Waals surface area contributed by atoms with Crippen LogP contribution in [0.5, 0.6) is 5.75 Å². The van der Waals surface area contributed by atoms with E-state index in [0.29, 0.717) is 5.82 Å². The van der Waals surface area contributed by atoms with Crippen LogP contribution in [0.25, 0.3) is 16.9 Å². The van der Waals surface area contributed by atoms with E-state index in [1.165, 1.54) is 0 Å². The number of fused-ring (bicyclic) bond motifs is 1. The minimum absolute atomic E-state index is 0.0641. The van der Waals surface area contributed by atoms with Crippen molar-refractivity contribution < 1.29 is 4.74 Å². The number of rotatable bonds is 5. The number of para-hydroxylation sites is 2. The van der Waals surface area contributed by atoms with Gasteiger partial charge in [-0.1, -0.05) is 24.3 Å². The summed E-state index contributed by atoms with van der Waals surface area (Å²) in [6.45, 7) is 2.08. The summed E-state index contributed by atoms with van der Waals surface area (Å²) in [6.07, 6.45) is 5.22. The molecule has 0 saturated heterocycles. The van der Waals surface area contributed by atoms with Crippen molar-refractivity contribution in [2.75, 3.05) is 12.4 Å². The van der Waals surface area contributed by atoms with Crippen molar-refractivity contribution in [2.45, 2.75) is 13.0 Å². The summed E-state index contributed by atoms with van der Waals surface area (Å²) in [5, 5.41) is 3.40. The molecule has 0 radical (unpaired) electrons. The zero-order valence-corrected chi connectivity index (χ0v) is 14.6. The normalized spacial score (nSPS) is 12.1. The smallest absolute Gasteiger partial charge is 0.159 e. The van der Waals surface area contributed by atoms with Gasteiger partial charge < -0.3 is 10.1 Å². The van der Waals surface area contributed by atoms with Crippen LogP contribution in [-0.4, -0.2) is 26.6 Å². The zero-order valence-electron chi connectivity index (χ0n) is 14.6. The van der Waals surface area contributed by atoms with Crippen LogP contribution in [0.1, 0.15) is 18.5 Å². The minimum Gasteiger partial charge on any atom is -0.497 e. The van der Waals surface area contributed by atoms with Gasteiger partial charge in [0.15, 0.2) is 5.82 Å². The molecule has 130 valence electrons. The molecule has 4 aromatic rings. The van der Waals surface area contributed by atoms with Gasteiger partial charge in [-0.2, -0.15) is 0 Å². The predicted molar refractivity (Wildman–Crippen MR) is 102 cm³/mol. The summed E-state index contributed by atoms with van der Waals surface area (Å²) in [6, 6.07) is 16.0. The summed E-state index contributed by atoms with van der Waals surface area (Å²) in [7, 11) is 1.67. The Kier molecular flexibility index (Phi) is 4.23. The standard InChI is InChI=1S/C20H19N5O/c1-14(15-6-5-7-16(10-15)26-2)23-19-11-21-12-20(24-19)25-13-22-17-8-3-4-9-18(17)25/h3-14H,1-2H3,(H,23,24)/t14-/m0/s1. The average Bonchev–Trinajstić information content (AvgIpc) is 3.12. The lowest BCUT2D eigenvalue weighted by atomic mass is 10.1. The molecule has 0 amide bonds. The number of hydrogen-bond donors (Lipinski definition) is 1. The first-order chi connectivity index (χ1) is 12.7. The first kappa shape index (κ1) is 16.1. The van der Waals surface area contributed by atoms with Crippen LogP contribution < -0.4 is 10.1 Å². The molecule has 2 aromatic carbocycles. The van der Waals surface area contributed by atoms with E-state index in [-0.39, 0.29) is 6.04 Å². The third kappa shape index (κ3) is 3.09. The van der Waals surface area contributed by atoms with E-state index in [1.807, 2.05) is 47.0 Å². The Bertz CT molecular complexity index is 1040. The molecule has 0 unspecified atom stereocenters. The molecule has 6 heteroatoms. The number of methoxy groups -OCH3 is 1. The van der Waals surface area contributed by atoms with Crippen LogP contribution in [0.3, 0.4) is 0 Å². The van der Waals surface area contributed by atoms with Crippen LogP contribution in [0, 0.1) is 0 Å². The first-order valence-electron chi connectivity index (χ1n) is 8.39. The summed E-state index contributed by atoms with van der Waals surface area (Å²) >= 11 is 0. The number of aromatic nitrogens is 4. The van der Waals surface area contributed by atoms with Crippen molar-refractivity contribution in [3.05, 3.63) is 72.8 Å². The summed E-state index contributed by atoms with van der Waals surface area (Å²) in [5.41, 5.74) is 3.04. The molecule has 1 N–H and O–H groups in total. The SMILES string of the molecule is COc1cccc([C@H](C)Nc2cncc(-n3cnc4ccccc43)n2)c1. The fourth-order valence-electron chi connectivity index (χ4n) is 2.90.